The monoisotopic (exact) mass is 177 g/mol. The van der Waals surface area contributed by atoms with Gasteiger partial charge in [-0.15, -0.1) is 0 Å². The van der Waals surface area contributed by atoms with Gasteiger partial charge in [0.05, 0.1) is 0 Å². The lowest BCUT2D eigenvalue weighted by Gasteiger charge is -2.15. The number of aryl methyl sites for hydroxylation is 2. The lowest BCUT2D eigenvalue weighted by Crippen LogP contribution is -2.08. The summed E-state index contributed by atoms with van der Waals surface area (Å²) in [5, 5.41) is 0. The van der Waals surface area contributed by atoms with Crippen LogP contribution < -0.4 is 0 Å². The Bertz CT molecular complexity index is 286. The molecular weight excluding hydrogens is 158 g/mol. The van der Waals surface area contributed by atoms with Crippen molar-refractivity contribution >= 4 is 0 Å². The van der Waals surface area contributed by atoms with Gasteiger partial charge in [0.2, 0.25) is 0 Å². The smallest absolute Gasteiger partial charge is 0.0209 e. The fourth-order valence-electron chi connectivity index (χ4n) is 2.52. The molecule has 0 aromatic carbocycles. The summed E-state index contributed by atoms with van der Waals surface area (Å²) in [5.41, 5.74) is 4.80. The molecule has 1 aliphatic carbocycles. The Morgan fingerprint density at radius 2 is 2.00 bits per heavy atom. The topological polar surface area (TPSA) is 4.93 Å². The highest BCUT2D eigenvalue weighted by molar-refractivity contribution is 5.30. The summed E-state index contributed by atoms with van der Waals surface area (Å²) in [4.78, 5) is 0. The highest BCUT2D eigenvalue weighted by atomic mass is 15.0. The average Bonchev–Trinajstić information content (AvgIpc) is 2.55. The first-order chi connectivity index (χ1) is 6.36. The molecule has 1 aromatic heterocycles. The SMILES string of the molecule is CCc1cc2c(n1CC)CCCC2. The Hall–Kier alpha value is -0.720. The fraction of sp³-hybridized carbons (Fsp3) is 0.667. The van der Waals surface area contributed by atoms with E-state index in [1.54, 1.807) is 11.3 Å². The van der Waals surface area contributed by atoms with E-state index in [0.717, 1.165) is 6.54 Å². The second kappa shape index (κ2) is 3.57. The van der Waals surface area contributed by atoms with Crippen LogP contribution in [-0.4, -0.2) is 4.57 Å². The number of hydrogen-bond acceptors (Lipinski definition) is 0. The first-order valence-corrected chi connectivity index (χ1v) is 5.57. The summed E-state index contributed by atoms with van der Waals surface area (Å²) in [6.45, 7) is 5.67. The van der Waals surface area contributed by atoms with E-state index < -0.39 is 0 Å². The number of aromatic nitrogens is 1. The van der Waals surface area contributed by atoms with Crippen LogP contribution in [0.3, 0.4) is 0 Å². The van der Waals surface area contributed by atoms with Crippen molar-refractivity contribution in [3.05, 3.63) is 23.0 Å². The van der Waals surface area contributed by atoms with Gasteiger partial charge in [-0.1, -0.05) is 6.92 Å². The standard InChI is InChI=1S/C12H19N/c1-3-11-9-10-7-5-6-8-12(10)13(11)4-2/h9H,3-8H2,1-2H3. The molecule has 0 radical (unpaired) electrons. The van der Waals surface area contributed by atoms with Gasteiger partial charge in [-0.3, -0.25) is 0 Å². The van der Waals surface area contributed by atoms with Gasteiger partial charge in [0.15, 0.2) is 0 Å². The summed E-state index contributed by atoms with van der Waals surface area (Å²) in [7, 11) is 0. The predicted octanol–water partition coefficient (Wildman–Crippen LogP) is 2.95. The molecule has 0 spiro atoms. The molecule has 2 rings (SSSR count). The maximum absolute atomic E-state index is 2.52. The molecule has 1 heteroatoms. The minimum atomic E-state index is 1.15. The zero-order chi connectivity index (χ0) is 9.26. The zero-order valence-corrected chi connectivity index (χ0v) is 8.77. The Balaban J connectivity index is 2.44. The van der Waals surface area contributed by atoms with Crippen LogP contribution in [-0.2, 0) is 25.8 Å². The van der Waals surface area contributed by atoms with Crippen LogP contribution in [0.5, 0.6) is 0 Å². The molecule has 0 unspecified atom stereocenters. The molecule has 1 aromatic rings. The van der Waals surface area contributed by atoms with Crippen molar-refractivity contribution in [1.29, 1.82) is 0 Å². The van der Waals surface area contributed by atoms with Crippen molar-refractivity contribution in [3.8, 4) is 0 Å². The average molecular weight is 177 g/mol. The van der Waals surface area contributed by atoms with Crippen LogP contribution in [0, 0.1) is 0 Å². The van der Waals surface area contributed by atoms with Crippen molar-refractivity contribution in [2.75, 3.05) is 0 Å². The molecule has 72 valence electrons. The quantitative estimate of drug-likeness (QED) is 0.654. The molecule has 0 N–H and O–H groups in total. The Morgan fingerprint density at radius 3 is 2.69 bits per heavy atom. The van der Waals surface area contributed by atoms with Gasteiger partial charge >= 0.3 is 0 Å². The molecule has 13 heavy (non-hydrogen) atoms. The van der Waals surface area contributed by atoms with Crippen molar-refractivity contribution in [1.82, 2.24) is 4.57 Å². The van der Waals surface area contributed by atoms with Crippen LogP contribution in [0.4, 0.5) is 0 Å². The second-order valence-corrected chi connectivity index (χ2v) is 3.91. The van der Waals surface area contributed by atoms with E-state index in [9.17, 15) is 0 Å². The first kappa shape index (κ1) is 8.86. The van der Waals surface area contributed by atoms with Crippen LogP contribution in [0.1, 0.15) is 43.6 Å². The number of hydrogen-bond donors (Lipinski definition) is 0. The van der Waals surface area contributed by atoms with E-state index in [1.807, 2.05) is 0 Å². The number of fused-ring (bicyclic) bond motifs is 1. The van der Waals surface area contributed by atoms with Crippen LogP contribution in [0.15, 0.2) is 6.07 Å². The molecule has 0 saturated carbocycles. The van der Waals surface area contributed by atoms with Crippen LogP contribution >= 0.6 is 0 Å². The maximum atomic E-state index is 2.52. The number of rotatable bonds is 2. The summed E-state index contributed by atoms with van der Waals surface area (Å²) < 4.78 is 2.52. The molecule has 0 amide bonds. The van der Waals surface area contributed by atoms with Gasteiger partial charge in [0.1, 0.15) is 0 Å². The molecule has 1 nitrogen and oxygen atoms in total. The largest absolute Gasteiger partial charge is 0.349 e. The first-order valence-electron chi connectivity index (χ1n) is 5.57. The van der Waals surface area contributed by atoms with E-state index in [2.05, 4.69) is 24.5 Å². The van der Waals surface area contributed by atoms with Crippen molar-refractivity contribution < 1.29 is 0 Å². The molecule has 1 heterocycles. The second-order valence-electron chi connectivity index (χ2n) is 3.91. The van der Waals surface area contributed by atoms with Gasteiger partial charge in [0.25, 0.3) is 0 Å². The minimum absolute atomic E-state index is 1.15. The molecule has 1 aliphatic rings. The van der Waals surface area contributed by atoms with E-state index in [0.29, 0.717) is 0 Å². The van der Waals surface area contributed by atoms with Crippen LogP contribution in [0.25, 0.3) is 0 Å². The van der Waals surface area contributed by atoms with Crippen molar-refractivity contribution in [3.63, 3.8) is 0 Å². The van der Waals surface area contributed by atoms with Crippen molar-refractivity contribution in [2.45, 2.75) is 52.5 Å². The third-order valence-corrected chi connectivity index (χ3v) is 3.17. The zero-order valence-electron chi connectivity index (χ0n) is 8.77. The molecule has 0 aliphatic heterocycles. The van der Waals surface area contributed by atoms with Crippen molar-refractivity contribution in [2.24, 2.45) is 0 Å². The molecule has 0 fully saturated rings. The fourth-order valence-corrected chi connectivity index (χ4v) is 2.52. The van der Waals surface area contributed by atoms with Gasteiger partial charge < -0.3 is 4.57 Å². The summed E-state index contributed by atoms with van der Waals surface area (Å²) >= 11 is 0. The third kappa shape index (κ3) is 1.41. The minimum Gasteiger partial charge on any atom is -0.349 e. The Kier molecular flexibility index (Phi) is 2.43. The summed E-state index contributed by atoms with van der Waals surface area (Å²) in [5.74, 6) is 0. The number of nitrogens with zero attached hydrogens (tertiary/aromatic N) is 1. The van der Waals surface area contributed by atoms with Gasteiger partial charge in [-0.2, -0.15) is 0 Å². The maximum Gasteiger partial charge on any atom is 0.0209 e. The molecule has 0 atom stereocenters. The highest BCUT2D eigenvalue weighted by Gasteiger charge is 2.15. The third-order valence-electron chi connectivity index (χ3n) is 3.17. The molecular formula is C12H19N. The molecule has 0 saturated heterocycles. The summed E-state index contributed by atoms with van der Waals surface area (Å²) in [6, 6.07) is 2.43. The molecule has 0 bridgehead atoms. The normalized spacial score (nSPS) is 15.8. The van der Waals surface area contributed by atoms with Crippen LogP contribution in [0.2, 0.25) is 0 Å². The Morgan fingerprint density at radius 1 is 1.23 bits per heavy atom. The lowest BCUT2D eigenvalue weighted by atomic mass is 9.98. The van der Waals surface area contributed by atoms with Gasteiger partial charge in [-0.05, 0) is 50.7 Å². The predicted molar refractivity (Wildman–Crippen MR) is 56.1 cm³/mol. The lowest BCUT2D eigenvalue weighted by molar-refractivity contribution is 0.610. The Labute approximate surface area is 80.8 Å². The van der Waals surface area contributed by atoms with Gasteiger partial charge in [0, 0.05) is 17.9 Å². The summed E-state index contributed by atoms with van der Waals surface area (Å²) in [6.07, 6.45) is 6.59. The van der Waals surface area contributed by atoms with Gasteiger partial charge in [-0.25, -0.2) is 0 Å². The van der Waals surface area contributed by atoms with E-state index in [4.69, 9.17) is 0 Å². The van der Waals surface area contributed by atoms with E-state index >= 15 is 0 Å². The highest BCUT2D eigenvalue weighted by Crippen LogP contribution is 2.25. The van der Waals surface area contributed by atoms with E-state index in [1.165, 1.54) is 37.8 Å². The van der Waals surface area contributed by atoms with E-state index in [-0.39, 0.29) is 0 Å².